The number of pyridine rings is 1. The molecule has 0 radical (unpaired) electrons. The van der Waals surface area contributed by atoms with E-state index >= 15 is 0 Å². The summed E-state index contributed by atoms with van der Waals surface area (Å²) in [5, 5.41) is 0. The molecule has 2 heterocycles. The normalized spacial score (nSPS) is 24.8. The second kappa shape index (κ2) is 7.16. The minimum absolute atomic E-state index is 0.178. The van der Waals surface area contributed by atoms with Gasteiger partial charge in [0.15, 0.2) is 0 Å². The van der Waals surface area contributed by atoms with Crippen molar-refractivity contribution < 1.29 is 0 Å². The maximum Gasteiger partial charge on any atom is 0.0341 e. The zero-order valence-electron chi connectivity index (χ0n) is 12.9. The number of likely N-dealkylation sites (tertiary alicyclic amines) is 1. The highest BCUT2D eigenvalue weighted by atomic mass is 15.2. The van der Waals surface area contributed by atoms with Crippen LogP contribution in [0.25, 0.3) is 0 Å². The van der Waals surface area contributed by atoms with Gasteiger partial charge < -0.3 is 10.6 Å². The molecule has 0 aromatic carbocycles. The van der Waals surface area contributed by atoms with Gasteiger partial charge in [0.1, 0.15) is 0 Å². The van der Waals surface area contributed by atoms with Gasteiger partial charge in [0, 0.05) is 31.0 Å². The average molecular weight is 276 g/mol. The summed E-state index contributed by atoms with van der Waals surface area (Å²) in [5.41, 5.74) is 7.68. The van der Waals surface area contributed by atoms with Crippen LogP contribution >= 0.6 is 0 Å². The molecule has 0 spiro atoms. The lowest BCUT2D eigenvalue weighted by Crippen LogP contribution is -2.53. The van der Waals surface area contributed by atoms with Gasteiger partial charge in [0.2, 0.25) is 0 Å². The van der Waals surface area contributed by atoms with E-state index in [1.165, 1.54) is 31.4 Å². The van der Waals surface area contributed by atoms with E-state index in [0.29, 0.717) is 0 Å². The molecule has 1 saturated heterocycles. The Morgan fingerprint density at radius 2 is 2.05 bits per heavy atom. The highest BCUT2D eigenvalue weighted by molar-refractivity contribution is 5.10. The Balaban J connectivity index is 1.95. The molecule has 112 valence electrons. The van der Waals surface area contributed by atoms with E-state index in [9.17, 15) is 0 Å². The molecule has 1 atom stereocenters. The van der Waals surface area contributed by atoms with Crippen LogP contribution in [0.4, 0.5) is 0 Å². The third-order valence-corrected chi connectivity index (χ3v) is 4.82. The second-order valence-electron chi connectivity index (χ2n) is 6.11. The van der Waals surface area contributed by atoms with Crippen molar-refractivity contribution in [2.45, 2.75) is 31.2 Å². The molecule has 0 saturated carbocycles. The van der Waals surface area contributed by atoms with Crippen LogP contribution in [-0.2, 0) is 6.42 Å². The van der Waals surface area contributed by atoms with Crippen LogP contribution in [0.1, 0.15) is 24.8 Å². The third-order valence-electron chi connectivity index (χ3n) is 4.82. The minimum Gasteiger partial charge on any atom is -0.329 e. The summed E-state index contributed by atoms with van der Waals surface area (Å²) in [5.74, 6) is 0. The Morgan fingerprint density at radius 1 is 1.30 bits per heavy atom. The van der Waals surface area contributed by atoms with Gasteiger partial charge in [-0.2, -0.15) is 0 Å². The molecule has 2 rings (SSSR count). The lowest BCUT2D eigenvalue weighted by molar-refractivity contribution is 0.109. The van der Waals surface area contributed by atoms with Gasteiger partial charge in [-0.15, -0.1) is 0 Å². The van der Waals surface area contributed by atoms with Gasteiger partial charge in [-0.25, -0.2) is 0 Å². The van der Waals surface area contributed by atoms with Crippen molar-refractivity contribution in [2.24, 2.45) is 5.73 Å². The second-order valence-corrected chi connectivity index (χ2v) is 6.11. The fourth-order valence-corrected chi connectivity index (χ4v) is 3.14. The highest BCUT2D eigenvalue weighted by Gasteiger charge is 2.34. The molecule has 20 heavy (non-hydrogen) atoms. The molecule has 1 unspecified atom stereocenters. The van der Waals surface area contributed by atoms with Crippen LogP contribution in [0.5, 0.6) is 0 Å². The largest absolute Gasteiger partial charge is 0.329 e. The van der Waals surface area contributed by atoms with Crippen molar-refractivity contribution in [3.05, 3.63) is 30.1 Å². The Hall–Kier alpha value is -0.970. The van der Waals surface area contributed by atoms with E-state index < -0.39 is 0 Å². The van der Waals surface area contributed by atoms with Crippen molar-refractivity contribution in [1.29, 1.82) is 0 Å². The van der Waals surface area contributed by atoms with E-state index in [4.69, 9.17) is 5.73 Å². The highest BCUT2D eigenvalue weighted by Crippen LogP contribution is 2.27. The van der Waals surface area contributed by atoms with Gasteiger partial charge in [0.25, 0.3) is 0 Å². The summed E-state index contributed by atoms with van der Waals surface area (Å²) >= 11 is 0. The first-order chi connectivity index (χ1) is 9.66. The molecule has 0 aliphatic carbocycles. The van der Waals surface area contributed by atoms with Gasteiger partial charge in [0.05, 0.1) is 0 Å². The predicted octanol–water partition coefficient (Wildman–Crippen LogP) is 1.37. The third kappa shape index (κ3) is 3.78. The fraction of sp³-hybridized carbons (Fsp3) is 0.688. The first-order valence-corrected chi connectivity index (χ1v) is 7.65. The molecule has 1 fully saturated rings. The summed E-state index contributed by atoms with van der Waals surface area (Å²) in [7, 11) is 4.45. The molecular formula is C16H28N4. The summed E-state index contributed by atoms with van der Waals surface area (Å²) < 4.78 is 0. The number of hydrogen-bond donors (Lipinski definition) is 1. The van der Waals surface area contributed by atoms with E-state index in [2.05, 4.69) is 41.0 Å². The van der Waals surface area contributed by atoms with Crippen LogP contribution in [0.3, 0.4) is 0 Å². The van der Waals surface area contributed by atoms with E-state index in [-0.39, 0.29) is 5.54 Å². The Labute approximate surface area is 123 Å². The number of hydrogen-bond acceptors (Lipinski definition) is 4. The Morgan fingerprint density at radius 3 is 2.75 bits per heavy atom. The molecule has 4 heteroatoms. The Bertz CT molecular complexity index is 395. The van der Waals surface area contributed by atoms with Crippen molar-refractivity contribution in [1.82, 2.24) is 14.8 Å². The van der Waals surface area contributed by atoms with Crippen LogP contribution in [0.2, 0.25) is 0 Å². The van der Waals surface area contributed by atoms with Crippen LogP contribution in [0, 0.1) is 0 Å². The lowest BCUT2D eigenvalue weighted by Gasteiger charge is -2.41. The van der Waals surface area contributed by atoms with Gasteiger partial charge >= 0.3 is 0 Å². The quantitative estimate of drug-likeness (QED) is 0.882. The predicted molar refractivity (Wildman–Crippen MR) is 83.7 cm³/mol. The molecule has 1 aromatic heterocycles. The van der Waals surface area contributed by atoms with E-state index in [0.717, 1.165) is 26.1 Å². The molecule has 0 bridgehead atoms. The molecular weight excluding hydrogens is 248 g/mol. The summed E-state index contributed by atoms with van der Waals surface area (Å²) in [6.07, 6.45) is 8.43. The first kappa shape index (κ1) is 15.4. The van der Waals surface area contributed by atoms with Crippen LogP contribution in [-0.4, -0.2) is 60.6 Å². The molecule has 1 aromatic rings. The molecule has 1 aliphatic heterocycles. The first-order valence-electron chi connectivity index (χ1n) is 7.65. The number of rotatable bonds is 5. The summed E-state index contributed by atoms with van der Waals surface area (Å²) in [6.45, 7) is 4.16. The minimum atomic E-state index is 0.178. The van der Waals surface area contributed by atoms with Gasteiger partial charge in [-0.05, 0) is 70.6 Å². The summed E-state index contributed by atoms with van der Waals surface area (Å²) in [4.78, 5) is 8.99. The zero-order chi connectivity index (χ0) is 14.4. The van der Waals surface area contributed by atoms with Crippen molar-refractivity contribution in [3.8, 4) is 0 Å². The van der Waals surface area contributed by atoms with E-state index in [1.807, 2.05) is 12.4 Å². The average Bonchev–Trinajstić information content (AvgIpc) is 2.68. The molecule has 0 amide bonds. The van der Waals surface area contributed by atoms with Crippen molar-refractivity contribution in [2.75, 3.05) is 40.3 Å². The van der Waals surface area contributed by atoms with Gasteiger partial charge in [-0.1, -0.05) is 0 Å². The lowest BCUT2D eigenvalue weighted by atomic mass is 9.88. The fourth-order valence-electron chi connectivity index (χ4n) is 3.14. The molecule has 2 N–H and O–H groups in total. The van der Waals surface area contributed by atoms with E-state index in [1.54, 1.807) is 0 Å². The topological polar surface area (TPSA) is 45.4 Å². The SMILES string of the molecule is CN1CCCC(CN)(N(C)CCc2ccncc2)CC1. The number of aromatic nitrogens is 1. The van der Waals surface area contributed by atoms with Crippen molar-refractivity contribution >= 4 is 0 Å². The number of nitrogens with zero attached hydrogens (tertiary/aromatic N) is 3. The van der Waals surface area contributed by atoms with Crippen LogP contribution in [0.15, 0.2) is 24.5 Å². The Kier molecular flexibility index (Phi) is 5.52. The molecule has 4 nitrogen and oxygen atoms in total. The molecule has 1 aliphatic rings. The standard InChI is InChI=1S/C16H28N4/c1-19-11-3-7-16(14-17,8-13-19)20(2)12-6-15-4-9-18-10-5-15/h4-5,9-10H,3,6-8,11-14,17H2,1-2H3. The maximum atomic E-state index is 6.15. The smallest absolute Gasteiger partial charge is 0.0341 e. The van der Waals surface area contributed by atoms with Gasteiger partial charge in [-0.3, -0.25) is 9.88 Å². The zero-order valence-corrected chi connectivity index (χ0v) is 12.9. The maximum absolute atomic E-state index is 6.15. The monoisotopic (exact) mass is 276 g/mol. The summed E-state index contributed by atoms with van der Waals surface area (Å²) in [6, 6.07) is 4.20. The number of nitrogens with two attached hydrogens (primary N) is 1. The van der Waals surface area contributed by atoms with Crippen molar-refractivity contribution in [3.63, 3.8) is 0 Å². The van der Waals surface area contributed by atoms with Crippen LogP contribution < -0.4 is 5.73 Å². The number of likely N-dealkylation sites (N-methyl/N-ethyl adjacent to an activating group) is 1.